The molecule has 0 aliphatic carbocycles. The fourth-order valence-electron chi connectivity index (χ4n) is 3.30. The Labute approximate surface area is 226 Å². The molecule has 3 rings (SSSR count). The van der Waals surface area contributed by atoms with Crippen LogP contribution in [0, 0.1) is 6.92 Å². The summed E-state index contributed by atoms with van der Waals surface area (Å²) in [4.78, 5) is 26.6. The van der Waals surface area contributed by atoms with Crippen molar-refractivity contribution in [3.8, 4) is 0 Å². The molecule has 0 radical (unpaired) electrons. The van der Waals surface area contributed by atoms with Crippen LogP contribution in [0.1, 0.15) is 35.1 Å². The zero-order valence-electron chi connectivity index (χ0n) is 20.9. The van der Waals surface area contributed by atoms with Gasteiger partial charge in [-0.25, -0.2) is 23.0 Å². The van der Waals surface area contributed by atoms with Gasteiger partial charge in [0.1, 0.15) is 16.3 Å². The molecule has 212 valence electrons. The Balaban J connectivity index is 0.000000673. The smallest absolute Gasteiger partial charge is 0.478 e. The number of benzene rings is 1. The molecule has 11 nitrogen and oxygen atoms in total. The van der Waals surface area contributed by atoms with E-state index in [9.17, 15) is 31.5 Å². The van der Waals surface area contributed by atoms with Crippen molar-refractivity contribution >= 4 is 45.1 Å². The van der Waals surface area contributed by atoms with Gasteiger partial charge in [0.05, 0.1) is 34.8 Å². The number of aromatic carboxylic acids is 1. The number of hydrogen-bond donors (Lipinski definition) is 3. The first-order chi connectivity index (χ1) is 18.1. The van der Waals surface area contributed by atoms with Crippen molar-refractivity contribution in [2.75, 3.05) is 16.7 Å². The summed E-state index contributed by atoms with van der Waals surface area (Å²) in [5.41, 5.74) is 1.68. The van der Waals surface area contributed by atoms with Gasteiger partial charge in [-0.2, -0.15) is 18.3 Å². The third kappa shape index (κ3) is 8.58. The van der Waals surface area contributed by atoms with E-state index >= 15 is 0 Å². The maximum atomic E-state index is 12.7. The molecule has 0 amide bonds. The Bertz CT molecular complexity index is 1450. The van der Waals surface area contributed by atoms with Gasteiger partial charge in [0.25, 0.3) is 10.0 Å². The Morgan fingerprint density at radius 2 is 1.79 bits per heavy atom. The van der Waals surface area contributed by atoms with E-state index in [-0.39, 0.29) is 27.0 Å². The van der Waals surface area contributed by atoms with Crippen LogP contribution in [0.15, 0.2) is 47.5 Å². The van der Waals surface area contributed by atoms with Gasteiger partial charge in [-0.15, -0.1) is 0 Å². The highest BCUT2D eigenvalue weighted by molar-refractivity contribution is 7.92. The van der Waals surface area contributed by atoms with Crippen LogP contribution in [0.5, 0.6) is 0 Å². The van der Waals surface area contributed by atoms with Gasteiger partial charge in [0, 0.05) is 13.6 Å². The molecule has 0 bridgehead atoms. The van der Waals surface area contributed by atoms with Crippen molar-refractivity contribution in [1.29, 1.82) is 0 Å². The number of pyridine rings is 1. The lowest BCUT2D eigenvalue weighted by molar-refractivity contribution is -0.192. The van der Waals surface area contributed by atoms with Gasteiger partial charge >= 0.3 is 18.1 Å². The number of aromatic nitrogens is 3. The normalized spacial score (nSPS) is 11.4. The highest BCUT2D eigenvalue weighted by Crippen LogP contribution is 2.26. The van der Waals surface area contributed by atoms with Crippen molar-refractivity contribution in [2.24, 2.45) is 0 Å². The van der Waals surface area contributed by atoms with Crippen LogP contribution in [0.25, 0.3) is 0 Å². The van der Waals surface area contributed by atoms with Gasteiger partial charge in [0.2, 0.25) is 0 Å². The van der Waals surface area contributed by atoms with Crippen molar-refractivity contribution < 1.29 is 41.4 Å². The number of carbonyl (C=O) groups is 2. The summed E-state index contributed by atoms with van der Waals surface area (Å²) in [5, 5.41) is 21.4. The van der Waals surface area contributed by atoms with E-state index in [0.29, 0.717) is 6.54 Å². The van der Waals surface area contributed by atoms with Crippen LogP contribution in [-0.2, 0) is 27.9 Å². The number of aryl methyl sites for hydroxylation is 2. The number of rotatable bonds is 9. The first-order valence-electron chi connectivity index (χ1n) is 11.1. The molecule has 0 saturated carbocycles. The van der Waals surface area contributed by atoms with Gasteiger partial charge in [-0.05, 0) is 37.6 Å². The number of anilines is 2. The Morgan fingerprint density at radius 1 is 1.18 bits per heavy atom. The molecule has 0 aliphatic heterocycles. The molecule has 0 saturated heterocycles. The number of alkyl halides is 3. The number of nitrogens with zero attached hydrogens (tertiary/aromatic N) is 4. The lowest BCUT2D eigenvalue weighted by Gasteiger charge is -2.21. The van der Waals surface area contributed by atoms with Crippen LogP contribution in [0.3, 0.4) is 0 Å². The van der Waals surface area contributed by atoms with E-state index in [0.717, 1.165) is 24.4 Å². The molecular weight excluding hydrogens is 567 g/mol. The van der Waals surface area contributed by atoms with E-state index in [2.05, 4.69) is 21.7 Å². The average molecular weight is 592 g/mol. The molecule has 0 aliphatic rings. The van der Waals surface area contributed by atoms with Crippen LogP contribution in [0.2, 0.25) is 5.02 Å². The summed E-state index contributed by atoms with van der Waals surface area (Å²) < 4.78 is 61.3. The number of carboxylic acid groups (broad SMARTS) is 2. The maximum Gasteiger partial charge on any atom is 0.490 e. The molecule has 0 spiro atoms. The van der Waals surface area contributed by atoms with Crippen LogP contribution in [0.4, 0.5) is 24.7 Å². The van der Waals surface area contributed by atoms with E-state index in [1.165, 1.54) is 24.4 Å². The van der Waals surface area contributed by atoms with E-state index in [4.69, 9.17) is 21.5 Å². The highest BCUT2D eigenvalue weighted by atomic mass is 35.5. The molecule has 2 aromatic heterocycles. The number of aliphatic carboxylic acids is 1. The first kappa shape index (κ1) is 31.4. The molecule has 16 heteroatoms. The van der Waals surface area contributed by atoms with E-state index in [1.54, 1.807) is 24.1 Å². The van der Waals surface area contributed by atoms with Crippen molar-refractivity contribution in [1.82, 2.24) is 14.8 Å². The van der Waals surface area contributed by atoms with Crippen LogP contribution < -0.4 is 9.62 Å². The third-order valence-electron chi connectivity index (χ3n) is 4.90. The minimum absolute atomic E-state index is 0.0198. The second-order valence-electron chi connectivity index (χ2n) is 8.10. The topological polar surface area (TPSA) is 155 Å². The van der Waals surface area contributed by atoms with Crippen molar-refractivity contribution in [2.45, 2.75) is 44.4 Å². The predicted molar refractivity (Wildman–Crippen MR) is 137 cm³/mol. The monoisotopic (exact) mass is 591 g/mol. The summed E-state index contributed by atoms with van der Waals surface area (Å²) in [5.74, 6) is -3.77. The number of nitrogens with one attached hydrogen (secondary N) is 1. The first-order valence-corrected chi connectivity index (χ1v) is 13.0. The highest BCUT2D eigenvalue weighted by Gasteiger charge is 2.38. The van der Waals surface area contributed by atoms with E-state index in [1.807, 2.05) is 17.7 Å². The fraction of sp³-hybridized carbons (Fsp3) is 0.304. The third-order valence-corrected chi connectivity index (χ3v) is 6.78. The zero-order chi connectivity index (χ0) is 29.5. The SMILES string of the molecule is CCCn1nc(C)cc1CN(C)c1ncc(NS(=O)(=O)c2ccccc2Cl)cc1C(=O)O.O=C(O)C(F)(F)F. The Hall–Kier alpha value is -3.85. The number of sulfonamides is 1. The predicted octanol–water partition coefficient (Wildman–Crippen LogP) is 4.42. The van der Waals surface area contributed by atoms with Crippen molar-refractivity contribution in [3.63, 3.8) is 0 Å². The summed E-state index contributed by atoms with van der Waals surface area (Å²) in [6, 6.07) is 9.16. The lowest BCUT2D eigenvalue weighted by Crippen LogP contribution is -2.23. The quantitative estimate of drug-likeness (QED) is 0.328. The molecule has 39 heavy (non-hydrogen) atoms. The van der Waals surface area contributed by atoms with Gasteiger partial charge in [0.15, 0.2) is 0 Å². The second-order valence-corrected chi connectivity index (χ2v) is 10.2. The molecular formula is C23H25ClF3N5O6S. The van der Waals surface area contributed by atoms with Gasteiger partial charge < -0.3 is 15.1 Å². The largest absolute Gasteiger partial charge is 0.490 e. The molecule has 2 heterocycles. The number of carboxylic acids is 2. The molecule has 1 aromatic carbocycles. The van der Waals surface area contributed by atoms with Crippen LogP contribution in [-0.4, -0.2) is 58.6 Å². The number of halogens is 4. The summed E-state index contributed by atoms with van der Waals surface area (Å²) >= 11 is 5.99. The Kier molecular flexibility index (Phi) is 10.3. The van der Waals surface area contributed by atoms with E-state index < -0.39 is 28.1 Å². The van der Waals surface area contributed by atoms with Gasteiger partial charge in [-0.1, -0.05) is 30.7 Å². The number of hydrogen-bond acceptors (Lipinski definition) is 7. The maximum absolute atomic E-state index is 12.7. The van der Waals surface area contributed by atoms with Crippen molar-refractivity contribution in [3.05, 3.63) is 64.6 Å². The Morgan fingerprint density at radius 3 is 2.33 bits per heavy atom. The van der Waals surface area contributed by atoms with Gasteiger partial charge in [-0.3, -0.25) is 9.40 Å². The zero-order valence-corrected chi connectivity index (χ0v) is 22.5. The standard InChI is InChI=1S/C21H24ClN5O4S.C2HF3O2/c1-4-9-27-16(10-14(2)24-27)13-26(3)20-17(21(28)29)11-15(12-23-20)25-32(30,31)19-8-6-5-7-18(19)22;3-2(4,5)1(6)7/h5-8,10-12,25H,4,9,13H2,1-3H3,(H,28,29);(H,6,7). The molecule has 3 aromatic rings. The summed E-state index contributed by atoms with van der Waals surface area (Å²) in [7, 11) is -2.29. The molecule has 3 N–H and O–H groups in total. The molecule has 0 fully saturated rings. The fourth-order valence-corrected chi connectivity index (χ4v) is 4.85. The average Bonchev–Trinajstić information content (AvgIpc) is 3.17. The summed E-state index contributed by atoms with van der Waals surface area (Å²) in [6.45, 7) is 5.09. The lowest BCUT2D eigenvalue weighted by atomic mass is 10.2. The molecule has 0 unspecified atom stereocenters. The minimum Gasteiger partial charge on any atom is -0.478 e. The summed E-state index contributed by atoms with van der Waals surface area (Å²) in [6.07, 6.45) is -2.89. The minimum atomic E-state index is -5.08. The second kappa shape index (κ2) is 12.8. The van der Waals surface area contributed by atoms with Crippen LogP contribution >= 0.6 is 11.6 Å². The molecule has 0 atom stereocenters.